The summed E-state index contributed by atoms with van der Waals surface area (Å²) in [6.07, 6.45) is 0.189. The average molecular weight is 182 g/mol. The molecule has 3 heteroatoms. The summed E-state index contributed by atoms with van der Waals surface area (Å²) in [6.45, 7) is 10.2. The fraction of sp³-hybridized carbons (Fsp3) is 0.400. The lowest BCUT2D eigenvalue weighted by Gasteiger charge is -2.02. The lowest BCUT2D eigenvalue weighted by atomic mass is 10.2. The fourth-order valence-electron chi connectivity index (χ4n) is 0.573. The molecule has 0 atom stereocenters. The molecule has 0 fully saturated rings. The molecule has 0 rings (SSSR count). The molecule has 0 amide bonds. The minimum absolute atomic E-state index is 0.0884. The van der Waals surface area contributed by atoms with E-state index in [9.17, 15) is 9.59 Å². The Kier molecular flexibility index (Phi) is 4.74. The summed E-state index contributed by atoms with van der Waals surface area (Å²) in [5.41, 5.74) is 0.814. The molecular weight excluding hydrogens is 168 g/mol. The van der Waals surface area contributed by atoms with Crippen LogP contribution >= 0.6 is 0 Å². The maximum Gasteiger partial charge on any atom is 0.333 e. The summed E-state index contributed by atoms with van der Waals surface area (Å²) in [6, 6.07) is 0. The Balaban J connectivity index is 3.69. The van der Waals surface area contributed by atoms with Crippen molar-refractivity contribution in [1.29, 1.82) is 0 Å². The van der Waals surface area contributed by atoms with Gasteiger partial charge in [0, 0.05) is 12.0 Å². The molecule has 0 spiro atoms. The quantitative estimate of drug-likeness (QED) is 0.479. The third-order valence-corrected chi connectivity index (χ3v) is 1.39. The first-order chi connectivity index (χ1) is 5.95. The van der Waals surface area contributed by atoms with Crippen LogP contribution < -0.4 is 0 Å². The van der Waals surface area contributed by atoms with Crippen molar-refractivity contribution in [3.05, 3.63) is 24.3 Å². The van der Waals surface area contributed by atoms with Gasteiger partial charge in [-0.25, -0.2) is 4.79 Å². The van der Waals surface area contributed by atoms with Crippen LogP contribution in [0.2, 0.25) is 0 Å². The van der Waals surface area contributed by atoms with Crippen LogP contribution in [0.5, 0.6) is 0 Å². The largest absolute Gasteiger partial charge is 0.462 e. The Morgan fingerprint density at radius 1 is 1.15 bits per heavy atom. The number of carbonyl (C=O) groups excluding carboxylic acids is 2. The molecule has 0 N–H and O–H groups in total. The molecule has 0 saturated heterocycles. The average Bonchev–Trinajstić information content (AvgIpc) is 2.03. The Morgan fingerprint density at radius 2 is 1.69 bits per heavy atom. The van der Waals surface area contributed by atoms with Gasteiger partial charge in [-0.1, -0.05) is 13.2 Å². The van der Waals surface area contributed by atoms with E-state index in [2.05, 4.69) is 13.2 Å². The van der Waals surface area contributed by atoms with Gasteiger partial charge in [-0.05, 0) is 19.4 Å². The highest BCUT2D eigenvalue weighted by Gasteiger charge is 2.06. The Morgan fingerprint density at radius 3 is 2.08 bits per heavy atom. The van der Waals surface area contributed by atoms with Gasteiger partial charge in [-0.2, -0.15) is 0 Å². The first-order valence-corrected chi connectivity index (χ1v) is 3.96. The molecule has 0 bridgehead atoms. The van der Waals surface area contributed by atoms with Crippen LogP contribution in [0.3, 0.4) is 0 Å². The first-order valence-electron chi connectivity index (χ1n) is 3.96. The highest BCUT2D eigenvalue weighted by atomic mass is 16.5. The van der Waals surface area contributed by atoms with Crippen molar-refractivity contribution < 1.29 is 14.3 Å². The van der Waals surface area contributed by atoms with Crippen molar-refractivity contribution in [2.75, 3.05) is 6.61 Å². The zero-order valence-corrected chi connectivity index (χ0v) is 8.05. The van der Waals surface area contributed by atoms with Gasteiger partial charge < -0.3 is 4.74 Å². The van der Waals surface area contributed by atoms with Gasteiger partial charge in [0.2, 0.25) is 0 Å². The highest BCUT2D eigenvalue weighted by Crippen LogP contribution is 1.98. The normalized spacial score (nSPS) is 9.08. The van der Waals surface area contributed by atoms with Crippen LogP contribution in [0, 0.1) is 0 Å². The number of Topliss-reactive ketones (excluding diaryl/α,β-unsaturated/α-hetero) is 1. The van der Waals surface area contributed by atoms with Gasteiger partial charge in [0.25, 0.3) is 0 Å². The van der Waals surface area contributed by atoms with Crippen LogP contribution in [-0.2, 0) is 14.3 Å². The Labute approximate surface area is 78.1 Å². The number of esters is 1. The fourth-order valence-corrected chi connectivity index (χ4v) is 0.573. The monoisotopic (exact) mass is 182 g/mol. The number of hydrogen-bond donors (Lipinski definition) is 0. The van der Waals surface area contributed by atoms with Gasteiger partial charge in [-0.3, -0.25) is 4.79 Å². The van der Waals surface area contributed by atoms with Gasteiger partial charge >= 0.3 is 5.97 Å². The molecule has 72 valence electrons. The number of allylic oxidation sites excluding steroid dienone is 1. The second-order valence-corrected chi connectivity index (χ2v) is 2.87. The molecule has 0 aliphatic carbocycles. The summed E-state index contributed by atoms with van der Waals surface area (Å²) in [5.74, 6) is -0.552. The van der Waals surface area contributed by atoms with Crippen LogP contribution in [0.25, 0.3) is 0 Å². The highest BCUT2D eigenvalue weighted by molar-refractivity contribution is 5.94. The summed E-state index contributed by atoms with van der Waals surface area (Å²) in [4.78, 5) is 21.8. The molecule has 0 heterocycles. The maximum atomic E-state index is 11.0. The molecule has 0 radical (unpaired) electrons. The van der Waals surface area contributed by atoms with E-state index in [0.29, 0.717) is 11.1 Å². The molecule has 0 aromatic carbocycles. The van der Waals surface area contributed by atoms with Crippen molar-refractivity contribution in [3.63, 3.8) is 0 Å². The van der Waals surface area contributed by atoms with Gasteiger partial charge in [0.05, 0.1) is 6.61 Å². The Bertz CT molecular complexity index is 225. The lowest BCUT2D eigenvalue weighted by Crippen LogP contribution is -2.10. The molecular formula is C10H14O3. The minimum Gasteiger partial charge on any atom is -0.462 e. The zero-order valence-electron chi connectivity index (χ0n) is 8.05. The summed E-state index contributed by atoms with van der Waals surface area (Å²) >= 11 is 0. The van der Waals surface area contributed by atoms with Crippen molar-refractivity contribution in [2.45, 2.75) is 20.3 Å². The van der Waals surface area contributed by atoms with Crippen molar-refractivity contribution in [3.8, 4) is 0 Å². The predicted octanol–water partition coefficient (Wildman–Crippen LogP) is 1.64. The predicted molar refractivity (Wildman–Crippen MR) is 50.2 cm³/mol. The molecule has 0 saturated carbocycles. The molecule has 0 aromatic rings. The molecule has 0 unspecified atom stereocenters. The molecule has 0 aromatic heterocycles. The third kappa shape index (κ3) is 4.95. The minimum atomic E-state index is -0.463. The molecule has 13 heavy (non-hydrogen) atoms. The van der Waals surface area contributed by atoms with Crippen LogP contribution in [0.15, 0.2) is 24.3 Å². The van der Waals surface area contributed by atoms with Gasteiger partial charge in [-0.15, -0.1) is 0 Å². The SMILES string of the molecule is C=C(C)C(=O)CCOC(=O)C(=C)C. The first kappa shape index (κ1) is 11.6. The maximum absolute atomic E-state index is 11.0. The topological polar surface area (TPSA) is 43.4 Å². The number of ether oxygens (including phenoxy) is 1. The summed E-state index contributed by atoms with van der Waals surface area (Å²) in [7, 11) is 0. The van der Waals surface area contributed by atoms with E-state index in [1.165, 1.54) is 0 Å². The van der Waals surface area contributed by atoms with E-state index in [1.807, 2.05) is 0 Å². The van der Waals surface area contributed by atoms with Crippen LogP contribution in [0.4, 0.5) is 0 Å². The van der Waals surface area contributed by atoms with E-state index < -0.39 is 5.97 Å². The number of carbonyl (C=O) groups is 2. The van der Waals surface area contributed by atoms with Gasteiger partial charge in [0.1, 0.15) is 0 Å². The molecule has 0 aliphatic heterocycles. The number of ketones is 1. The summed E-state index contributed by atoms with van der Waals surface area (Å²) < 4.78 is 4.72. The van der Waals surface area contributed by atoms with Crippen molar-refractivity contribution in [1.82, 2.24) is 0 Å². The molecule has 3 nitrogen and oxygen atoms in total. The van der Waals surface area contributed by atoms with E-state index in [1.54, 1.807) is 13.8 Å². The van der Waals surface area contributed by atoms with E-state index in [0.717, 1.165) is 0 Å². The van der Waals surface area contributed by atoms with E-state index >= 15 is 0 Å². The Hall–Kier alpha value is -1.38. The smallest absolute Gasteiger partial charge is 0.333 e. The van der Waals surface area contributed by atoms with E-state index in [4.69, 9.17) is 4.74 Å². The standard InChI is InChI=1S/C10H14O3/c1-7(2)9(11)5-6-13-10(12)8(3)4/h1,3,5-6H2,2,4H3. The van der Waals surface area contributed by atoms with Gasteiger partial charge in [0.15, 0.2) is 5.78 Å². The molecule has 0 aliphatic rings. The van der Waals surface area contributed by atoms with Crippen LogP contribution in [-0.4, -0.2) is 18.4 Å². The lowest BCUT2D eigenvalue weighted by molar-refractivity contribution is -0.139. The number of hydrogen-bond acceptors (Lipinski definition) is 3. The van der Waals surface area contributed by atoms with Crippen molar-refractivity contribution in [2.24, 2.45) is 0 Å². The van der Waals surface area contributed by atoms with Crippen LogP contribution in [0.1, 0.15) is 20.3 Å². The van der Waals surface area contributed by atoms with E-state index in [-0.39, 0.29) is 18.8 Å². The second-order valence-electron chi connectivity index (χ2n) is 2.87. The second kappa shape index (κ2) is 5.30. The number of rotatable bonds is 5. The third-order valence-electron chi connectivity index (χ3n) is 1.39. The zero-order chi connectivity index (χ0) is 10.4. The van der Waals surface area contributed by atoms with Crippen molar-refractivity contribution >= 4 is 11.8 Å². The summed E-state index contributed by atoms with van der Waals surface area (Å²) in [5, 5.41) is 0.